The second-order valence-corrected chi connectivity index (χ2v) is 8.16. The van der Waals surface area contributed by atoms with E-state index in [4.69, 9.17) is 4.63 Å². The predicted molar refractivity (Wildman–Crippen MR) is 114 cm³/mol. The molecule has 4 heterocycles. The molecule has 160 valence electrons. The minimum Gasteiger partial charge on any atom is -0.370 e. The Balaban J connectivity index is 1.29. The SMILES string of the molecule is O=C(Nc1ccc(N2CCCCC2)c2nonc12)C1CC(=O)N(Cc2ccncc2)C1. The number of likely N-dealkylation sites (tertiary alicyclic amines) is 1. The Morgan fingerprint density at radius 1 is 1.06 bits per heavy atom. The average molecular weight is 420 g/mol. The van der Waals surface area contributed by atoms with Crippen LogP contribution in [0.5, 0.6) is 0 Å². The fourth-order valence-corrected chi connectivity index (χ4v) is 4.39. The molecule has 0 aliphatic carbocycles. The Morgan fingerprint density at radius 3 is 2.65 bits per heavy atom. The van der Waals surface area contributed by atoms with Gasteiger partial charge >= 0.3 is 0 Å². The third kappa shape index (κ3) is 3.95. The Morgan fingerprint density at radius 2 is 1.84 bits per heavy atom. The second kappa shape index (κ2) is 8.33. The molecule has 31 heavy (non-hydrogen) atoms. The Hall–Kier alpha value is -3.49. The van der Waals surface area contributed by atoms with Gasteiger partial charge in [-0.1, -0.05) is 0 Å². The lowest BCUT2D eigenvalue weighted by Crippen LogP contribution is -2.30. The number of anilines is 2. The summed E-state index contributed by atoms with van der Waals surface area (Å²) in [6.45, 7) is 2.82. The van der Waals surface area contributed by atoms with Gasteiger partial charge in [-0.05, 0) is 59.4 Å². The highest BCUT2D eigenvalue weighted by Gasteiger charge is 2.34. The van der Waals surface area contributed by atoms with Gasteiger partial charge in [-0.25, -0.2) is 4.63 Å². The van der Waals surface area contributed by atoms with Crippen molar-refractivity contribution in [2.45, 2.75) is 32.2 Å². The third-order valence-corrected chi connectivity index (χ3v) is 6.06. The van der Waals surface area contributed by atoms with Gasteiger partial charge in [0.15, 0.2) is 11.0 Å². The molecule has 1 aromatic carbocycles. The largest absolute Gasteiger partial charge is 0.370 e. The number of aromatic nitrogens is 3. The molecule has 0 saturated carbocycles. The van der Waals surface area contributed by atoms with Crippen LogP contribution < -0.4 is 10.2 Å². The maximum absolute atomic E-state index is 12.9. The smallest absolute Gasteiger partial charge is 0.229 e. The Labute approximate surface area is 179 Å². The molecule has 1 unspecified atom stereocenters. The molecule has 0 bridgehead atoms. The number of pyridine rings is 1. The quantitative estimate of drug-likeness (QED) is 0.676. The first kappa shape index (κ1) is 19.5. The number of carbonyl (C=O) groups is 2. The van der Waals surface area contributed by atoms with Crippen molar-refractivity contribution in [3.63, 3.8) is 0 Å². The van der Waals surface area contributed by atoms with Crippen molar-refractivity contribution < 1.29 is 14.2 Å². The van der Waals surface area contributed by atoms with Crippen LogP contribution in [0.25, 0.3) is 11.0 Å². The molecule has 9 heteroatoms. The van der Waals surface area contributed by atoms with Crippen LogP contribution in [-0.2, 0) is 16.1 Å². The number of hydrogen-bond acceptors (Lipinski definition) is 7. The summed E-state index contributed by atoms with van der Waals surface area (Å²) in [5.41, 5.74) is 3.72. The van der Waals surface area contributed by atoms with Crippen molar-refractivity contribution in [1.82, 2.24) is 20.2 Å². The Kier molecular flexibility index (Phi) is 5.23. The summed E-state index contributed by atoms with van der Waals surface area (Å²) in [5.74, 6) is -0.628. The van der Waals surface area contributed by atoms with Gasteiger partial charge in [-0.2, -0.15) is 0 Å². The molecule has 9 nitrogen and oxygen atoms in total. The minimum atomic E-state index is -0.411. The molecule has 0 radical (unpaired) electrons. The van der Waals surface area contributed by atoms with Crippen LogP contribution in [0.2, 0.25) is 0 Å². The lowest BCUT2D eigenvalue weighted by Gasteiger charge is -2.28. The first-order chi connectivity index (χ1) is 15.2. The van der Waals surface area contributed by atoms with Crippen molar-refractivity contribution in [2.75, 3.05) is 29.9 Å². The highest BCUT2D eigenvalue weighted by Crippen LogP contribution is 2.32. The van der Waals surface area contributed by atoms with E-state index in [0.717, 1.165) is 37.2 Å². The number of piperidine rings is 1. The number of amides is 2. The Bertz CT molecular complexity index is 1090. The highest BCUT2D eigenvalue weighted by molar-refractivity contribution is 6.04. The molecule has 1 N–H and O–H groups in total. The average Bonchev–Trinajstić information content (AvgIpc) is 3.43. The molecular formula is C22H24N6O3. The van der Waals surface area contributed by atoms with E-state index in [-0.39, 0.29) is 18.2 Å². The van der Waals surface area contributed by atoms with E-state index in [1.165, 1.54) is 6.42 Å². The number of benzene rings is 1. The van der Waals surface area contributed by atoms with E-state index in [2.05, 4.69) is 25.5 Å². The van der Waals surface area contributed by atoms with Gasteiger partial charge in [0.25, 0.3) is 0 Å². The summed E-state index contributed by atoms with van der Waals surface area (Å²) < 4.78 is 5.00. The van der Waals surface area contributed by atoms with Crippen LogP contribution >= 0.6 is 0 Å². The van der Waals surface area contributed by atoms with Gasteiger partial charge in [-0.15, -0.1) is 0 Å². The summed E-state index contributed by atoms with van der Waals surface area (Å²) in [4.78, 5) is 33.3. The molecule has 3 aromatic rings. The van der Waals surface area contributed by atoms with E-state index in [9.17, 15) is 9.59 Å². The molecule has 2 fully saturated rings. The number of nitrogens with one attached hydrogen (secondary N) is 1. The van der Waals surface area contributed by atoms with Crippen molar-refractivity contribution in [1.29, 1.82) is 0 Å². The fourth-order valence-electron chi connectivity index (χ4n) is 4.39. The van der Waals surface area contributed by atoms with Crippen molar-refractivity contribution in [3.8, 4) is 0 Å². The molecule has 5 rings (SSSR count). The van der Waals surface area contributed by atoms with Gasteiger partial charge in [0.2, 0.25) is 11.8 Å². The van der Waals surface area contributed by atoms with Crippen LogP contribution in [-0.4, -0.2) is 51.6 Å². The summed E-state index contributed by atoms with van der Waals surface area (Å²) in [5, 5.41) is 11.1. The van der Waals surface area contributed by atoms with Crippen LogP contribution in [0.4, 0.5) is 11.4 Å². The van der Waals surface area contributed by atoms with Crippen molar-refractivity contribution in [2.24, 2.45) is 5.92 Å². The summed E-state index contributed by atoms with van der Waals surface area (Å²) >= 11 is 0. The molecule has 2 saturated heterocycles. The maximum atomic E-state index is 12.9. The van der Waals surface area contributed by atoms with E-state index in [0.29, 0.717) is 29.8 Å². The van der Waals surface area contributed by atoms with E-state index in [1.54, 1.807) is 17.3 Å². The standard InChI is InChI=1S/C22H24N6O3/c29-19-12-16(14-28(19)13-15-6-8-23-9-7-15)22(30)24-17-4-5-18(21-20(17)25-31-26-21)27-10-2-1-3-11-27/h4-9,16H,1-3,10-14H2,(H,24,30). The molecule has 2 aliphatic heterocycles. The molecule has 0 spiro atoms. The maximum Gasteiger partial charge on any atom is 0.229 e. The first-order valence-electron chi connectivity index (χ1n) is 10.7. The number of hydrogen-bond donors (Lipinski definition) is 1. The zero-order valence-electron chi connectivity index (χ0n) is 17.2. The number of carbonyl (C=O) groups excluding carboxylic acids is 2. The zero-order valence-corrected chi connectivity index (χ0v) is 17.2. The predicted octanol–water partition coefficient (Wildman–Crippen LogP) is 2.60. The third-order valence-electron chi connectivity index (χ3n) is 6.06. The fraction of sp³-hybridized carbons (Fsp3) is 0.409. The molecular weight excluding hydrogens is 396 g/mol. The summed E-state index contributed by atoms with van der Waals surface area (Å²) in [6, 6.07) is 7.56. The molecule has 2 aromatic heterocycles. The van der Waals surface area contributed by atoms with Crippen LogP contribution in [0.1, 0.15) is 31.2 Å². The summed E-state index contributed by atoms with van der Waals surface area (Å²) in [6.07, 6.45) is 7.13. The number of rotatable bonds is 5. The normalized spacial score (nSPS) is 19.2. The second-order valence-electron chi connectivity index (χ2n) is 8.16. The van der Waals surface area contributed by atoms with Crippen LogP contribution in [0, 0.1) is 5.92 Å². The number of fused-ring (bicyclic) bond motifs is 1. The van der Waals surface area contributed by atoms with Gasteiger partial charge in [0.1, 0.15) is 0 Å². The summed E-state index contributed by atoms with van der Waals surface area (Å²) in [7, 11) is 0. The van der Waals surface area contributed by atoms with Gasteiger partial charge in [-0.3, -0.25) is 14.6 Å². The molecule has 2 aliphatic rings. The zero-order chi connectivity index (χ0) is 21.2. The van der Waals surface area contributed by atoms with Gasteiger partial charge in [0.05, 0.1) is 17.3 Å². The van der Waals surface area contributed by atoms with E-state index >= 15 is 0 Å². The van der Waals surface area contributed by atoms with Crippen molar-refractivity contribution >= 4 is 34.2 Å². The van der Waals surface area contributed by atoms with E-state index in [1.807, 2.05) is 24.3 Å². The lowest BCUT2D eigenvalue weighted by molar-refractivity contribution is -0.128. The number of nitrogens with zero attached hydrogens (tertiary/aromatic N) is 5. The van der Waals surface area contributed by atoms with Crippen LogP contribution in [0.3, 0.4) is 0 Å². The lowest BCUT2D eigenvalue weighted by atomic mass is 10.1. The monoisotopic (exact) mass is 420 g/mol. The topological polar surface area (TPSA) is 104 Å². The molecule has 2 amide bonds. The van der Waals surface area contributed by atoms with Crippen molar-refractivity contribution in [3.05, 3.63) is 42.2 Å². The van der Waals surface area contributed by atoms with Crippen LogP contribution in [0.15, 0.2) is 41.3 Å². The highest BCUT2D eigenvalue weighted by atomic mass is 16.6. The van der Waals surface area contributed by atoms with Gasteiger partial charge in [0, 0.05) is 45.0 Å². The van der Waals surface area contributed by atoms with E-state index < -0.39 is 5.92 Å². The molecule has 1 atom stereocenters. The van der Waals surface area contributed by atoms with Gasteiger partial charge < -0.3 is 15.1 Å². The minimum absolute atomic E-state index is 0.0225. The first-order valence-corrected chi connectivity index (χ1v) is 10.7.